The number of hydrogen-bond donors (Lipinski definition) is 1. The van der Waals surface area contributed by atoms with Crippen LogP contribution in [0.2, 0.25) is 0 Å². The third kappa shape index (κ3) is 2.82. The van der Waals surface area contributed by atoms with E-state index in [1.165, 1.54) is 31.2 Å². The molecule has 1 aromatic heterocycles. The first-order chi connectivity index (χ1) is 7.92. The van der Waals surface area contributed by atoms with E-state index in [2.05, 4.69) is 35.6 Å². The summed E-state index contributed by atoms with van der Waals surface area (Å²) in [7, 11) is 0. The van der Waals surface area contributed by atoms with Gasteiger partial charge in [-0.2, -0.15) is 0 Å². The first-order valence-corrected chi connectivity index (χ1v) is 6.52. The molecule has 2 atom stereocenters. The molecular weight excluding hydrogens is 196 g/mol. The molecule has 0 bridgehead atoms. The summed E-state index contributed by atoms with van der Waals surface area (Å²) in [6, 6.07) is 4.30. The summed E-state index contributed by atoms with van der Waals surface area (Å²) < 4.78 is 0. The van der Waals surface area contributed by atoms with E-state index in [0.717, 1.165) is 24.9 Å². The molecule has 1 aromatic rings. The average molecular weight is 218 g/mol. The van der Waals surface area contributed by atoms with Crippen molar-refractivity contribution in [3.05, 3.63) is 30.1 Å². The summed E-state index contributed by atoms with van der Waals surface area (Å²) in [4.78, 5) is 4.25. The van der Waals surface area contributed by atoms with Crippen molar-refractivity contribution in [2.24, 2.45) is 5.92 Å². The maximum absolute atomic E-state index is 4.25. The van der Waals surface area contributed by atoms with Crippen molar-refractivity contribution < 1.29 is 0 Å². The van der Waals surface area contributed by atoms with Gasteiger partial charge in [0.1, 0.15) is 0 Å². The largest absolute Gasteiger partial charge is 0.317 e. The summed E-state index contributed by atoms with van der Waals surface area (Å²) in [5.74, 6) is 1.53. The molecular formula is C14H22N2. The summed E-state index contributed by atoms with van der Waals surface area (Å²) >= 11 is 0. The first-order valence-electron chi connectivity index (χ1n) is 6.52. The number of rotatable bonds is 4. The van der Waals surface area contributed by atoms with E-state index < -0.39 is 0 Å². The zero-order valence-corrected chi connectivity index (χ0v) is 10.2. The summed E-state index contributed by atoms with van der Waals surface area (Å²) in [5.41, 5.74) is 1.44. The van der Waals surface area contributed by atoms with Gasteiger partial charge in [0.05, 0.1) is 0 Å². The van der Waals surface area contributed by atoms with Gasteiger partial charge in [0.25, 0.3) is 0 Å². The Morgan fingerprint density at radius 3 is 3.00 bits per heavy atom. The Bertz CT molecular complexity index is 297. The van der Waals surface area contributed by atoms with Crippen LogP contribution in [0.4, 0.5) is 0 Å². The minimum Gasteiger partial charge on any atom is -0.317 e. The van der Waals surface area contributed by atoms with Crippen molar-refractivity contribution in [2.45, 2.75) is 38.5 Å². The third-order valence-electron chi connectivity index (χ3n) is 3.68. The van der Waals surface area contributed by atoms with Gasteiger partial charge in [0.2, 0.25) is 0 Å². The lowest BCUT2D eigenvalue weighted by molar-refractivity contribution is 0.297. The van der Waals surface area contributed by atoms with E-state index in [1.807, 2.05) is 6.20 Å². The van der Waals surface area contributed by atoms with Crippen LogP contribution >= 0.6 is 0 Å². The molecule has 2 heteroatoms. The van der Waals surface area contributed by atoms with Crippen molar-refractivity contribution in [3.63, 3.8) is 0 Å². The molecule has 0 saturated heterocycles. The van der Waals surface area contributed by atoms with E-state index in [4.69, 9.17) is 0 Å². The molecule has 0 aromatic carbocycles. The number of pyridine rings is 1. The molecule has 2 nitrogen and oxygen atoms in total. The Morgan fingerprint density at radius 1 is 1.38 bits per heavy atom. The van der Waals surface area contributed by atoms with Gasteiger partial charge in [-0.15, -0.1) is 0 Å². The van der Waals surface area contributed by atoms with Crippen LogP contribution in [0.5, 0.6) is 0 Å². The van der Waals surface area contributed by atoms with Crippen LogP contribution in [0.15, 0.2) is 24.5 Å². The normalized spacial score (nSPS) is 25.6. The van der Waals surface area contributed by atoms with E-state index in [0.29, 0.717) is 0 Å². The fourth-order valence-corrected chi connectivity index (χ4v) is 2.82. The van der Waals surface area contributed by atoms with Gasteiger partial charge >= 0.3 is 0 Å². The quantitative estimate of drug-likeness (QED) is 0.840. The molecule has 0 amide bonds. The minimum absolute atomic E-state index is 0.724. The smallest absolute Gasteiger partial charge is 0.0302 e. The topological polar surface area (TPSA) is 24.9 Å². The first kappa shape index (κ1) is 11.6. The van der Waals surface area contributed by atoms with Gasteiger partial charge in [-0.05, 0) is 49.4 Å². The lowest BCUT2D eigenvalue weighted by Gasteiger charge is -2.31. The van der Waals surface area contributed by atoms with Gasteiger partial charge in [0, 0.05) is 12.4 Å². The van der Waals surface area contributed by atoms with Crippen LogP contribution in [0.25, 0.3) is 0 Å². The molecule has 1 heterocycles. The fourth-order valence-electron chi connectivity index (χ4n) is 2.82. The molecule has 16 heavy (non-hydrogen) atoms. The molecule has 0 aliphatic heterocycles. The second-order valence-electron chi connectivity index (χ2n) is 4.75. The molecule has 1 fully saturated rings. The monoisotopic (exact) mass is 218 g/mol. The number of hydrogen-bond acceptors (Lipinski definition) is 2. The highest BCUT2D eigenvalue weighted by atomic mass is 14.8. The van der Waals surface area contributed by atoms with Gasteiger partial charge in [0.15, 0.2) is 0 Å². The summed E-state index contributed by atoms with van der Waals surface area (Å²) in [6.07, 6.45) is 9.39. The van der Waals surface area contributed by atoms with Crippen LogP contribution in [0.1, 0.15) is 44.1 Å². The summed E-state index contributed by atoms with van der Waals surface area (Å²) in [6.45, 7) is 4.42. The number of nitrogens with zero attached hydrogens (tertiary/aromatic N) is 1. The fraction of sp³-hybridized carbons (Fsp3) is 0.643. The van der Waals surface area contributed by atoms with Gasteiger partial charge in [-0.1, -0.05) is 25.8 Å². The SMILES string of the molecule is CCNCC1CCCCC1c1cccnc1. The van der Waals surface area contributed by atoms with E-state index in [-0.39, 0.29) is 0 Å². The zero-order chi connectivity index (χ0) is 11.2. The van der Waals surface area contributed by atoms with Gasteiger partial charge in [-0.25, -0.2) is 0 Å². The van der Waals surface area contributed by atoms with E-state index in [1.54, 1.807) is 0 Å². The molecule has 1 saturated carbocycles. The molecule has 0 spiro atoms. The second-order valence-corrected chi connectivity index (χ2v) is 4.75. The van der Waals surface area contributed by atoms with Crippen molar-refractivity contribution >= 4 is 0 Å². The molecule has 1 N–H and O–H groups in total. The van der Waals surface area contributed by atoms with Gasteiger partial charge in [-0.3, -0.25) is 4.98 Å². The second kappa shape index (κ2) is 6.00. The van der Waals surface area contributed by atoms with Crippen molar-refractivity contribution in [1.29, 1.82) is 0 Å². The Morgan fingerprint density at radius 2 is 2.25 bits per heavy atom. The van der Waals surface area contributed by atoms with Crippen LogP contribution in [-0.2, 0) is 0 Å². The van der Waals surface area contributed by atoms with Crippen LogP contribution in [0, 0.1) is 5.92 Å². The highest BCUT2D eigenvalue weighted by molar-refractivity contribution is 5.16. The standard InChI is InChI=1S/C14H22N2/c1-2-15-10-12-6-3-4-8-14(12)13-7-5-9-16-11-13/h5,7,9,11-12,14-15H,2-4,6,8,10H2,1H3. The lowest BCUT2D eigenvalue weighted by atomic mass is 9.76. The number of aromatic nitrogens is 1. The van der Waals surface area contributed by atoms with Crippen LogP contribution in [-0.4, -0.2) is 18.1 Å². The van der Waals surface area contributed by atoms with Crippen LogP contribution in [0.3, 0.4) is 0 Å². The van der Waals surface area contributed by atoms with E-state index >= 15 is 0 Å². The highest BCUT2D eigenvalue weighted by Gasteiger charge is 2.25. The molecule has 0 radical (unpaired) electrons. The molecule has 88 valence electrons. The third-order valence-corrected chi connectivity index (χ3v) is 3.68. The minimum atomic E-state index is 0.724. The summed E-state index contributed by atoms with van der Waals surface area (Å²) in [5, 5.41) is 3.50. The number of nitrogens with one attached hydrogen (secondary N) is 1. The predicted molar refractivity (Wildman–Crippen MR) is 67.5 cm³/mol. The van der Waals surface area contributed by atoms with Crippen LogP contribution < -0.4 is 5.32 Å². The zero-order valence-electron chi connectivity index (χ0n) is 10.2. The Balaban J connectivity index is 2.04. The highest BCUT2D eigenvalue weighted by Crippen LogP contribution is 2.36. The van der Waals surface area contributed by atoms with E-state index in [9.17, 15) is 0 Å². The Kier molecular flexibility index (Phi) is 4.34. The van der Waals surface area contributed by atoms with Crippen molar-refractivity contribution in [3.8, 4) is 0 Å². The maximum Gasteiger partial charge on any atom is 0.0302 e. The lowest BCUT2D eigenvalue weighted by Crippen LogP contribution is -2.29. The Labute approximate surface area is 98.5 Å². The van der Waals surface area contributed by atoms with Crippen molar-refractivity contribution in [2.75, 3.05) is 13.1 Å². The molecule has 2 rings (SSSR count). The van der Waals surface area contributed by atoms with Crippen molar-refractivity contribution in [1.82, 2.24) is 10.3 Å². The molecule has 1 aliphatic carbocycles. The maximum atomic E-state index is 4.25. The molecule has 2 unspecified atom stereocenters. The predicted octanol–water partition coefficient (Wildman–Crippen LogP) is 2.96. The Hall–Kier alpha value is -0.890. The average Bonchev–Trinajstić information content (AvgIpc) is 2.38. The van der Waals surface area contributed by atoms with Gasteiger partial charge < -0.3 is 5.32 Å². The molecule has 1 aliphatic rings.